The number of nitrogens with one attached hydrogen (secondary N) is 1. The molecule has 1 aliphatic heterocycles. The molecule has 1 aromatic carbocycles. The maximum absolute atomic E-state index is 12.3. The molecule has 1 unspecified atom stereocenters. The van der Waals surface area contributed by atoms with E-state index >= 15 is 0 Å². The summed E-state index contributed by atoms with van der Waals surface area (Å²) in [7, 11) is 0. The molecule has 0 aliphatic carbocycles. The average Bonchev–Trinajstić information content (AvgIpc) is 2.95. The van der Waals surface area contributed by atoms with Crippen LogP contribution in [0.2, 0.25) is 0 Å². The van der Waals surface area contributed by atoms with Crippen molar-refractivity contribution >= 4 is 27.5 Å². The Morgan fingerprint density at radius 3 is 2.86 bits per heavy atom. The second-order valence-electron chi connectivity index (χ2n) is 5.56. The van der Waals surface area contributed by atoms with Crippen molar-refractivity contribution in [3.8, 4) is 0 Å². The lowest BCUT2D eigenvalue weighted by atomic mass is 10.1. The molecule has 21 heavy (non-hydrogen) atoms. The molecule has 1 saturated heterocycles. The highest BCUT2D eigenvalue weighted by Gasteiger charge is 2.21. The monoisotopic (exact) mass is 303 g/mol. The van der Waals surface area contributed by atoms with E-state index < -0.39 is 0 Å². The first-order valence-electron chi connectivity index (χ1n) is 7.60. The first-order chi connectivity index (χ1) is 10.2. The standard InChI is InChI=1S/C16H21N3OS/c1-12(16(20)19-9-5-2-6-10-19)17-11-15-18-13-7-3-4-8-14(13)21-15/h3-4,7-8,12,17H,2,5-6,9-11H2,1H3. The molecule has 2 aromatic rings. The average molecular weight is 303 g/mol. The van der Waals surface area contributed by atoms with Gasteiger partial charge in [0.15, 0.2) is 0 Å². The summed E-state index contributed by atoms with van der Waals surface area (Å²) in [6, 6.07) is 7.99. The number of amides is 1. The summed E-state index contributed by atoms with van der Waals surface area (Å²) in [4.78, 5) is 18.9. The van der Waals surface area contributed by atoms with Crippen molar-refractivity contribution in [2.24, 2.45) is 0 Å². The number of carbonyl (C=O) groups excluding carboxylic acids is 1. The summed E-state index contributed by atoms with van der Waals surface area (Å²) in [6.45, 7) is 4.42. The lowest BCUT2D eigenvalue weighted by Crippen LogP contribution is -2.46. The van der Waals surface area contributed by atoms with E-state index in [-0.39, 0.29) is 11.9 Å². The van der Waals surface area contributed by atoms with E-state index in [4.69, 9.17) is 0 Å². The fraction of sp³-hybridized carbons (Fsp3) is 0.500. The molecular formula is C16H21N3OS. The SMILES string of the molecule is CC(NCc1nc2ccccc2s1)C(=O)N1CCCCC1. The Labute approximate surface area is 129 Å². The van der Waals surface area contributed by atoms with Crippen LogP contribution in [0, 0.1) is 0 Å². The highest BCUT2D eigenvalue weighted by molar-refractivity contribution is 7.18. The Balaban J connectivity index is 1.57. The van der Waals surface area contributed by atoms with Gasteiger partial charge in [-0.3, -0.25) is 10.1 Å². The van der Waals surface area contributed by atoms with E-state index in [1.807, 2.05) is 30.0 Å². The molecule has 0 spiro atoms. The number of hydrogen-bond acceptors (Lipinski definition) is 4. The van der Waals surface area contributed by atoms with E-state index in [1.165, 1.54) is 11.1 Å². The van der Waals surface area contributed by atoms with E-state index in [2.05, 4.69) is 16.4 Å². The lowest BCUT2D eigenvalue weighted by molar-refractivity contribution is -0.133. The number of benzene rings is 1. The molecule has 1 fully saturated rings. The predicted molar refractivity (Wildman–Crippen MR) is 86.4 cm³/mol. The molecular weight excluding hydrogens is 282 g/mol. The van der Waals surface area contributed by atoms with Gasteiger partial charge in [-0.15, -0.1) is 11.3 Å². The zero-order valence-electron chi connectivity index (χ0n) is 12.3. The Morgan fingerprint density at radius 1 is 1.33 bits per heavy atom. The Bertz CT molecular complexity index is 586. The van der Waals surface area contributed by atoms with E-state index in [9.17, 15) is 4.79 Å². The van der Waals surface area contributed by atoms with Crippen LogP contribution in [0.4, 0.5) is 0 Å². The van der Waals surface area contributed by atoms with Crippen molar-refractivity contribution in [3.05, 3.63) is 29.3 Å². The molecule has 112 valence electrons. The van der Waals surface area contributed by atoms with Crippen LogP contribution in [0.25, 0.3) is 10.2 Å². The number of carbonyl (C=O) groups is 1. The molecule has 0 radical (unpaired) electrons. The minimum absolute atomic E-state index is 0.143. The Kier molecular flexibility index (Phi) is 4.51. The Hall–Kier alpha value is -1.46. The van der Waals surface area contributed by atoms with Crippen molar-refractivity contribution in [2.45, 2.75) is 38.8 Å². The van der Waals surface area contributed by atoms with Gasteiger partial charge >= 0.3 is 0 Å². The number of likely N-dealkylation sites (tertiary alicyclic amines) is 1. The fourth-order valence-electron chi connectivity index (χ4n) is 2.71. The number of aromatic nitrogens is 1. The number of hydrogen-bond donors (Lipinski definition) is 1. The van der Waals surface area contributed by atoms with E-state index in [1.54, 1.807) is 11.3 Å². The third-order valence-electron chi connectivity index (χ3n) is 3.94. The highest BCUT2D eigenvalue weighted by Crippen LogP contribution is 2.21. The summed E-state index contributed by atoms with van der Waals surface area (Å²) >= 11 is 1.69. The molecule has 2 heterocycles. The van der Waals surface area contributed by atoms with E-state index in [0.717, 1.165) is 36.5 Å². The molecule has 0 bridgehead atoms. The molecule has 1 amide bonds. The van der Waals surface area contributed by atoms with Gasteiger partial charge in [0, 0.05) is 19.6 Å². The van der Waals surface area contributed by atoms with Crippen molar-refractivity contribution in [3.63, 3.8) is 0 Å². The van der Waals surface area contributed by atoms with Gasteiger partial charge in [0.25, 0.3) is 0 Å². The van der Waals surface area contributed by atoms with Crippen LogP contribution in [-0.2, 0) is 11.3 Å². The van der Waals surface area contributed by atoms with Gasteiger partial charge in [0.05, 0.1) is 16.3 Å². The molecule has 1 aliphatic rings. The maximum atomic E-state index is 12.3. The zero-order chi connectivity index (χ0) is 14.7. The Morgan fingerprint density at radius 2 is 2.10 bits per heavy atom. The highest BCUT2D eigenvalue weighted by atomic mass is 32.1. The van der Waals surface area contributed by atoms with Gasteiger partial charge in [-0.2, -0.15) is 0 Å². The molecule has 1 atom stereocenters. The second kappa shape index (κ2) is 6.54. The summed E-state index contributed by atoms with van der Waals surface area (Å²) in [5.74, 6) is 0.218. The minimum Gasteiger partial charge on any atom is -0.341 e. The molecule has 5 heteroatoms. The summed E-state index contributed by atoms with van der Waals surface area (Å²) in [6.07, 6.45) is 3.52. The largest absolute Gasteiger partial charge is 0.341 e. The van der Waals surface area contributed by atoms with Gasteiger partial charge < -0.3 is 4.90 Å². The third kappa shape index (κ3) is 3.41. The number of thiazole rings is 1. The number of piperidine rings is 1. The van der Waals surface area contributed by atoms with Gasteiger partial charge in [0.2, 0.25) is 5.91 Å². The second-order valence-corrected chi connectivity index (χ2v) is 6.68. The quantitative estimate of drug-likeness (QED) is 0.944. The van der Waals surface area contributed by atoms with E-state index in [0.29, 0.717) is 6.54 Å². The molecule has 1 N–H and O–H groups in total. The van der Waals surface area contributed by atoms with Crippen molar-refractivity contribution in [1.82, 2.24) is 15.2 Å². The molecule has 4 nitrogen and oxygen atoms in total. The smallest absolute Gasteiger partial charge is 0.239 e. The van der Waals surface area contributed by atoms with Crippen molar-refractivity contribution in [1.29, 1.82) is 0 Å². The maximum Gasteiger partial charge on any atom is 0.239 e. The summed E-state index contributed by atoms with van der Waals surface area (Å²) in [5, 5.41) is 4.35. The summed E-state index contributed by atoms with van der Waals surface area (Å²) in [5.41, 5.74) is 1.04. The number of para-hydroxylation sites is 1. The van der Waals surface area contributed by atoms with Crippen LogP contribution in [0.15, 0.2) is 24.3 Å². The third-order valence-corrected chi connectivity index (χ3v) is 4.97. The van der Waals surface area contributed by atoms with Gasteiger partial charge in [-0.1, -0.05) is 12.1 Å². The van der Waals surface area contributed by atoms with Crippen LogP contribution >= 0.6 is 11.3 Å². The molecule has 1 aromatic heterocycles. The lowest BCUT2D eigenvalue weighted by Gasteiger charge is -2.29. The van der Waals surface area contributed by atoms with Crippen LogP contribution in [0.5, 0.6) is 0 Å². The van der Waals surface area contributed by atoms with Crippen LogP contribution in [0.3, 0.4) is 0 Å². The number of fused-ring (bicyclic) bond motifs is 1. The molecule has 0 saturated carbocycles. The van der Waals surface area contributed by atoms with Gasteiger partial charge in [-0.25, -0.2) is 4.98 Å². The first kappa shape index (κ1) is 14.5. The van der Waals surface area contributed by atoms with Gasteiger partial charge in [-0.05, 0) is 38.3 Å². The van der Waals surface area contributed by atoms with Crippen LogP contribution in [0.1, 0.15) is 31.2 Å². The van der Waals surface area contributed by atoms with Gasteiger partial charge in [0.1, 0.15) is 5.01 Å². The minimum atomic E-state index is -0.143. The van der Waals surface area contributed by atoms with Crippen LogP contribution < -0.4 is 5.32 Å². The van der Waals surface area contributed by atoms with Crippen molar-refractivity contribution < 1.29 is 4.79 Å². The zero-order valence-corrected chi connectivity index (χ0v) is 13.2. The van der Waals surface area contributed by atoms with Crippen molar-refractivity contribution in [2.75, 3.05) is 13.1 Å². The first-order valence-corrected chi connectivity index (χ1v) is 8.42. The fourth-order valence-corrected chi connectivity index (χ4v) is 3.63. The summed E-state index contributed by atoms with van der Waals surface area (Å²) < 4.78 is 1.20. The molecule has 3 rings (SSSR count). The normalized spacial score (nSPS) is 17.1. The number of nitrogens with zero attached hydrogens (tertiary/aromatic N) is 2. The van der Waals surface area contributed by atoms with Crippen LogP contribution in [-0.4, -0.2) is 34.9 Å². The predicted octanol–water partition coefficient (Wildman–Crippen LogP) is 2.79. The topological polar surface area (TPSA) is 45.2 Å². The number of rotatable bonds is 4.